The van der Waals surface area contributed by atoms with Crippen LogP contribution < -0.4 is 0 Å². The molecule has 0 saturated carbocycles. The average Bonchev–Trinajstić information content (AvgIpc) is 2.57. The molecule has 21 heavy (non-hydrogen) atoms. The van der Waals surface area contributed by atoms with E-state index in [0.29, 0.717) is 0 Å². The highest BCUT2D eigenvalue weighted by Crippen LogP contribution is 2.17. The molecule has 4 nitrogen and oxygen atoms in total. The molecule has 2 saturated heterocycles. The molecule has 0 N–H and O–H groups in total. The third-order valence-corrected chi connectivity index (χ3v) is 4.79. The Morgan fingerprint density at radius 3 is 2.52 bits per heavy atom. The van der Waals surface area contributed by atoms with Crippen molar-refractivity contribution >= 4 is 0 Å². The molecule has 116 valence electrons. The molecule has 1 aromatic heterocycles. The quantitative estimate of drug-likeness (QED) is 0.847. The number of rotatable bonds is 4. The number of ether oxygens (including phenoxy) is 1. The molecule has 2 aliphatic heterocycles. The zero-order valence-electron chi connectivity index (χ0n) is 13.1. The monoisotopic (exact) mass is 289 g/mol. The molecule has 0 radical (unpaired) electrons. The third kappa shape index (κ3) is 4.02. The largest absolute Gasteiger partial charge is 0.381 e. The number of aromatic nitrogens is 1. The minimum absolute atomic E-state index is 0.753. The molecule has 0 aliphatic carbocycles. The van der Waals surface area contributed by atoms with Crippen molar-refractivity contribution in [3.05, 3.63) is 29.6 Å². The van der Waals surface area contributed by atoms with E-state index in [4.69, 9.17) is 4.74 Å². The summed E-state index contributed by atoms with van der Waals surface area (Å²) in [7, 11) is 0. The molecule has 0 atom stereocenters. The van der Waals surface area contributed by atoms with Gasteiger partial charge in [0.1, 0.15) is 0 Å². The van der Waals surface area contributed by atoms with Crippen molar-refractivity contribution in [1.82, 2.24) is 14.8 Å². The van der Waals surface area contributed by atoms with Gasteiger partial charge in [-0.3, -0.25) is 14.8 Å². The lowest BCUT2D eigenvalue weighted by Crippen LogP contribution is -2.51. The number of hydrogen-bond acceptors (Lipinski definition) is 4. The maximum Gasteiger partial charge on any atom is 0.0544 e. The van der Waals surface area contributed by atoms with Gasteiger partial charge in [-0.15, -0.1) is 0 Å². The van der Waals surface area contributed by atoms with Crippen molar-refractivity contribution in [3.63, 3.8) is 0 Å². The summed E-state index contributed by atoms with van der Waals surface area (Å²) in [5.74, 6) is 0. The van der Waals surface area contributed by atoms with Gasteiger partial charge in [-0.1, -0.05) is 13.0 Å². The first-order chi connectivity index (χ1) is 10.3. The van der Waals surface area contributed by atoms with Crippen LogP contribution in [-0.2, 0) is 17.7 Å². The Balaban J connectivity index is 1.46. The fourth-order valence-electron chi connectivity index (χ4n) is 3.32. The first-order valence-corrected chi connectivity index (χ1v) is 8.33. The summed E-state index contributed by atoms with van der Waals surface area (Å²) >= 11 is 0. The molecule has 2 fully saturated rings. The lowest BCUT2D eigenvalue weighted by molar-refractivity contribution is 0.0124. The van der Waals surface area contributed by atoms with Crippen molar-refractivity contribution in [2.75, 3.05) is 39.4 Å². The molecule has 0 spiro atoms. The van der Waals surface area contributed by atoms with Gasteiger partial charge in [0.05, 0.1) is 5.69 Å². The predicted molar refractivity (Wildman–Crippen MR) is 84.3 cm³/mol. The first kappa shape index (κ1) is 14.9. The minimum atomic E-state index is 0.753. The maximum absolute atomic E-state index is 5.46. The van der Waals surface area contributed by atoms with E-state index in [2.05, 4.69) is 33.8 Å². The van der Waals surface area contributed by atoms with E-state index in [1.54, 1.807) is 0 Å². The Bertz CT molecular complexity index is 420. The summed E-state index contributed by atoms with van der Waals surface area (Å²) in [6, 6.07) is 5.15. The summed E-state index contributed by atoms with van der Waals surface area (Å²) in [4.78, 5) is 9.77. The van der Waals surface area contributed by atoms with Crippen LogP contribution in [0.1, 0.15) is 31.0 Å². The van der Waals surface area contributed by atoms with Crippen LogP contribution in [0, 0.1) is 0 Å². The number of aryl methyl sites for hydroxylation is 1. The van der Waals surface area contributed by atoms with Gasteiger partial charge in [0.25, 0.3) is 0 Å². The van der Waals surface area contributed by atoms with Crippen LogP contribution in [0.2, 0.25) is 0 Å². The Kier molecular flexibility index (Phi) is 5.22. The highest BCUT2D eigenvalue weighted by molar-refractivity contribution is 5.13. The molecule has 4 heteroatoms. The van der Waals surface area contributed by atoms with Crippen molar-refractivity contribution in [3.8, 4) is 0 Å². The van der Waals surface area contributed by atoms with Gasteiger partial charge in [0.2, 0.25) is 0 Å². The van der Waals surface area contributed by atoms with Gasteiger partial charge < -0.3 is 4.74 Å². The molecule has 0 amide bonds. The van der Waals surface area contributed by atoms with E-state index < -0.39 is 0 Å². The Morgan fingerprint density at radius 1 is 1.14 bits per heavy atom. The minimum Gasteiger partial charge on any atom is -0.381 e. The molecule has 2 aliphatic rings. The Morgan fingerprint density at radius 2 is 1.90 bits per heavy atom. The van der Waals surface area contributed by atoms with Crippen LogP contribution in [0.3, 0.4) is 0 Å². The Labute approximate surface area is 128 Å². The van der Waals surface area contributed by atoms with E-state index in [1.807, 2.05) is 6.20 Å². The predicted octanol–water partition coefficient (Wildman–Crippen LogP) is 1.94. The lowest BCUT2D eigenvalue weighted by Gasteiger charge is -2.40. The summed E-state index contributed by atoms with van der Waals surface area (Å²) < 4.78 is 5.46. The lowest BCUT2D eigenvalue weighted by atomic mass is 10.1. The maximum atomic E-state index is 5.46. The smallest absolute Gasteiger partial charge is 0.0544 e. The zero-order valence-corrected chi connectivity index (χ0v) is 13.1. The fourth-order valence-corrected chi connectivity index (χ4v) is 3.32. The molecule has 0 unspecified atom stereocenters. The topological polar surface area (TPSA) is 28.6 Å². The van der Waals surface area contributed by atoms with Crippen LogP contribution >= 0.6 is 0 Å². The zero-order chi connectivity index (χ0) is 14.5. The highest BCUT2D eigenvalue weighted by atomic mass is 16.5. The molecule has 0 bridgehead atoms. The van der Waals surface area contributed by atoms with Gasteiger partial charge in [0.15, 0.2) is 0 Å². The standard InChI is InChI=1S/C17H27N3O/c1-2-15-3-4-16(18-13-15)14-19-7-9-20(10-8-19)17-5-11-21-12-6-17/h3-4,13,17H,2,5-12,14H2,1H3. The van der Waals surface area contributed by atoms with Crippen molar-refractivity contribution in [2.45, 2.75) is 38.8 Å². The van der Waals surface area contributed by atoms with Crippen LogP contribution in [0.4, 0.5) is 0 Å². The average molecular weight is 289 g/mol. The van der Waals surface area contributed by atoms with Crippen LogP contribution in [-0.4, -0.2) is 60.2 Å². The van der Waals surface area contributed by atoms with Crippen LogP contribution in [0.5, 0.6) is 0 Å². The van der Waals surface area contributed by atoms with Gasteiger partial charge >= 0.3 is 0 Å². The highest BCUT2D eigenvalue weighted by Gasteiger charge is 2.25. The number of nitrogens with zero attached hydrogens (tertiary/aromatic N) is 3. The van der Waals surface area contributed by atoms with E-state index in [1.165, 1.54) is 37.2 Å². The summed E-state index contributed by atoms with van der Waals surface area (Å²) in [5.41, 5.74) is 2.52. The van der Waals surface area contributed by atoms with Crippen molar-refractivity contribution < 1.29 is 4.74 Å². The summed E-state index contributed by atoms with van der Waals surface area (Å²) in [5, 5.41) is 0. The molecular formula is C17H27N3O. The second kappa shape index (κ2) is 7.34. The fraction of sp³-hybridized carbons (Fsp3) is 0.706. The van der Waals surface area contributed by atoms with E-state index >= 15 is 0 Å². The van der Waals surface area contributed by atoms with E-state index in [9.17, 15) is 0 Å². The van der Waals surface area contributed by atoms with E-state index in [-0.39, 0.29) is 0 Å². The van der Waals surface area contributed by atoms with Crippen molar-refractivity contribution in [1.29, 1.82) is 0 Å². The normalized spacial score (nSPS) is 22.5. The molecular weight excluding hydrogens is 262 g/mol. The number of piperazine rings is 1. The third-order valence-electron chi connectivity index (χ3n) is 4.79. The number of hydrogen-bond donors (Lipinski definition) is 0. The second-order valence-corrected chi connectivity index (χ2v) is 6.17. The molecule has 3 rings (SSSR count). The summed E-state index contributed by atoms with van der Waals surface area (Å²) in [6.07, 6.45) is 5.50. The Hall–Kier alpha value is -0.970. The van der Waals surface area contributed by atoms with Gasteiger partial charge in [0, 0.05) is 58.2 Å². The molecule has 3 heterocycles. The SMILES string of the molecule is CCc1ccc(CN2CCN(C3CCOCC3)CC2)nc1. The first-order valence-electron chi connectivity index (χ1n) is 8.33. The molecule has 1 aromatic rings. The van der Waals surface area contributed by atoms with Gasteiger partial charge in [-0.05, 0) is 30.9 Å². The molecule has 0 aromatic carbocycles. The summed E-state index contributed by atoms with van der Waals surface area (Å²) in [6.45, 7) is 9.76. The van der Waals surface area contributed by atoms with Gasteiger partial charge in [-0.2, -0.15) is 0 Å². The number of pyridine rings is 1. The van der Waals surface area contributed by atoms with Crippen LogP contribution in [0.25, 0.3) is 0 Å². The van der Waals surface area contributed by atoms with Crippen molar-refractivity contribution in [2.24, 2.45) is 0 Å². The van der Waals surface area contributed by atoms with E-state index in [0.717, 1.165) is 45.3 Å². The second-order valence-electron chi connectivity index (χ2n) is 6.17. The van der Waals surface area contributed by atoms with Crippen LogP contribution in [0.15, 0.2) is 18.3 Å². The van der Waals surface area contributed by atoms with Gasteiger partial charge in [-0.25, -0.2) is 0 Å².